The zero-order valence-electron chi connectivity index (χ0n) is 15.7. The molecule has 0 saturated carbocycles. The van der Waals surface area contributed by atoms with Gasteiger partial charge in [0.1, 0.15) is 16.5 Å². The number of H-pyrrole nitrogens is 1. The zero-order chi connectivity index (χ0) is 21.3. The highest BCUT2D eigenvalue weighted by atomic mass is 32.1. The van der Waals surface area contributed by atoms with Crippen molar-refractivity contribution in [3.05, 3.63) is 82.2 Å². The van der Waals surface area contributed by atoms with E-state index in [2.05, 4.69) is 20.8 Å². The molecule has 0 aliphatic rings. The van der Waals surface area contributed by atoms with Crippen molar-refractivity contribution in [2.75, 3.05) is 5.32 Å². The Bertz CT molecular complexity index is 1220. The first kappa shape index (κ1) is 19.7. The first-order valence-corrected chi connectivity index (χ1v) is 9.83. The molecular weight excluding hydrogens is 410 g/mol. The molecule has 2 aromatic carbocycles. The molecule has 0 unspecified atom stereocenters. The van der Waals surface area contributed by atoms with E-state index in [0.717, 1.165) is 5.56 Å². The topological polar surface area (TPSA) is 86.9 Å². The van der Waals surface area contributed by atoms with Crippen molar-refractivity contribution in [2.24, 2.45) is 0 Å². The number of anilines is 1. The Kier molecular flexibility index (Phi) is 5.28. The van der Waals surface area contributed by atoms with Crippen LogP contribution in [0.5, 0.6) is 0 Å². The summed E-state index contributed by atoms with van der Waals surface area (Å²) in [5, 5.41) is 13.0. The number of hydrogen-bond acceptors (Lipinski definition) is 4. The molecule has 6 nitrogen and oxygen atoms in total. The monoisotopic (exact) mass is 426 g/mol. The number of nitrogens with one attached hydrogen (secondary N) is 3. The Hall–Kier alpha value is -3.59. The van der Waals surface area contributed by atoms with E-state index in [1.54, 1.807) is 25.1 Å². The van der Waals surface area contributed by atoms with Gasteiger partial charge in [0.05, 0.1) is 16.3 Å². The maximum atomic E-state index is 13.1. The zero-order valence-corrected chi connectivity index (χ0v) is 16.5. The molecule has 4 rings (SSSR count). The summed E-state index contributed by atoms with van der Waals surface area (Å²) in [6, 6.07) is 12.4. The highest BCUT2D eigenvalue weighted by Crippen LogP contribution is 2.30. The van der Waals surface area contributed by atoms with Crippen LogP contribution in [0, 0.1) is 11.6 Å². The van der Waals surface area contributed by atoms with E-state index in [0.29, 0.717) is 15.1 Å². The van der Waals surface area contributed by atoms with Crippen molar-refractivity contribution in [1.82, 2.24) is 15.5 Å². The van der Waals surface area contributed by atoms with Gasteiger partial charge in [-0.3, -0.25) is 14.7 Å². The summed E-state index contributed by atoms with van der Waals surface area (Å²) in [5.74, 6) is -1.23. The number of thiophene rings is 1. The van der Waals surface area contributed by atoms with E-state index in [9.17, 15) is 18.4 Å². The number of fused-ring (bicyclic) bond motifs is 1. The summed E-state index contributed by atoms with van der Waals surface area (Å²) < 4.78 is 26.1. The predicted molar refractivity (Wildman–Crippen MR) is 111 cm³/mol. The largest absolute Gasteiger partial charge is 0.345 e. The highest BCUT2D eigenvalue weighted by Gasteiger charge is 2.18. The Morgan fingerprint density at radius 3 is 2.30 bits per heavy atom. The molecule has 4 aromatic rings. The van der Waals surface area contributed by atoms with Gasteiger partial charge < -0.3 is 10.6 Å². The number of nitrogens with zero attached hydrogens (tertiary/aromatic N) is 1. The Morgan fingerprint density at radius 2 is 1.63 bits per heavy atom. The minimum Gasteiger partial charge on any atom is -0.345 e. The molecule has 0 spiro atoms. The van der Waals surface area contributed by atoms with Crippen molar-refractivity contribution in [3.8, 4) is 0 Å². The van der Waals surface area contributed by atoms with Crippen LogP contribution in [-0.4, -0.2) is 22.0 Å². The number of benzene rings is 2. The van der Waals surface area contributed by atoms with Crippen LogP contribution in [0.3, 0.4) is 0 Å². The smallest absolute Gasteiger partial charge is 0.261 e. The maximum absolute atomic E-state index is 13.1. The van der Waals surface area contributed by atoms with Gasteiger partial charge in [-0.05, 0) is 55.0 Å². The lowest BCUT2D eigenvalue weighted by Gasteiger charge is -2.13. The number of aromatic amines is 1. The predicted octanol–water partition coefficient (Wildman–Crippen LogP) is 4.65. The lowest BCUT2D eigenvalue weighted by atomic mass is 10.1. The molecule has 0 saturated heterocycles. The second-order valence-electron chi connectivity index (χ2n) is 6.63. The van der Waals surface area contributed by atoms with Gasteiger partial charge in [0.25, 0.3) is 11.8 Å². The standard InChI is InChI=1S/C21H16F2N4O2S/c1-11(12-2-6-14(22)7-3-12)24-20(29)17-10-16-18(26-27-21(16)30-17)25-19(28)13-4-8-15(23)9-5-13/h2-11H,1H3,(H,24,29)(H2,25,26,27,28)/t11-/m1/s1. The van der Waals surface area contributed by atoms with Gasteiger partial charge in [-0.15, -0.1) is 11.3 Å². The van der Waals surface area contributed by atoms with Gasteiger partial charge in [0, 0.05) is 5.56 Å². The molecule has 9 heteroatoms. The Morgan fingerprint density at radius 1 is 1.00 bits per heavy atom. The number of amides is 2. The van der Waals surface area contributed by atoms with E-state index in [4.69, 9.17) is 0 Å². The summed E-state index contributed by atoms with van der Waals surface area (Å²) in [5.41, 5.74) is 1.06. The molecule has 0 aliphatic heterocycles. The van der Waals surface area contributed by atoms with Crippen molar-refractivity contribution in [3.63, 3.8) is 0 Å². The van der Waals surface area contributed by atoms with Crippen molar-refractivity contribution >= 4 is 39.2 Å². The van der Waals surface area contributed by atoms with E-state index in [1.165, 1.54) is 47.7 Å². The summed E-state index contributed by atoms with van der Waals surface area (Å²) in [7, 11) is 0. The SMILES string of the molecule is C[C@@H](NC(=O)c1cc2c(NC(=O)c3ccc(F)cc3)n[nH]c2s1)c1ccc(F)cc1. The quantitative estimate of drug-likeness (QED) is 0.434. The van der Waals surface area contributed by atoms with E-state index in [1.807, 2.05) is 0 Å². The van der Waals surface area contributed by atoms with E-state index < -0.39 is 11.7 Å². The molecule has 0 fully saturated rings. The number of aromatic nitrogens is 2. The number of carbonyl (C=O) groups is 2. The van der Waals surface area contributed by atoms with Crippen LogP contribution in [0.15, 0.2) is 54.6 Å². The van der Waals surface area contributed by atoms with Gasteiger partial charge in [-0.1, -0.05) is 12.1 Å². The molecule has 2 aromatic heterocycles. The molecular formula is C21H16F2N4O2S. The molecule has 2 amide bonds. The number of carbonyl (C=O) groups excluding carboxylic acids is 2. The lowest BCUT2D eigenvalue weighted by Crippen LogP contribution is -2.25. The van der Waals surface area contributed by atoms with Gasteiger partial charge in [0.2, 0.25) is 0 Å². The summed E-state index contributed by atoms with van der Waals surface area (Å²) in [6.07, 6.45) is 0. The van der Waals surface area contributed by atoms with Crippen LogP contribution in [0.2, 0.25) is 0 Å². The van der Waals surface area contributed by atoms with Crippen LogP contribution in [0.1, 0.15) is 38.6 Å². The van der Waals surface area contributed by atoms with Gasteiger partial charge >= 0.3 is 0 Å². The first-order chi connectivity index (χ1) is 14.4. The second-order valence-corrected chi connectivity index (χ2v) is 7.69. The number of halogens is 2. The fourth-order valence-corrected chi connectivity index (χ4v) is 3.81. The number of rotatable bonds is 5. The molecule has 2 heterocycles. The molecule has 30 heavy (non-hydrogen) atoms. The van der Waals surface area contributed by atoms with Gasteiger partial charge in [-0.2, -0.15) is 5.10 Å². The molecule has 0 aliphatic carbocycles. The van der Waals surface area contributed by atoms with E-state index >= 15 is 0 Å². The van der Waals surface area contributed by atoms with Gasteiger partial charge in [0.15, 0.2) is 5.82 Å². The van der Waals surface area contributed by atoms with Crippen LogP contribution in [-0.2, 0) is 0 Å². The minimum atomic E-state index is -0.439. The third-order valence-electron chi connectivity index (χ3n) is 4.54. The van der Waals surface area contributed by atoms with Crippen LogP contribution in [0.4, 0.5) is 14.6 Å². The van der Waals surface area contributed by atoms with Crippen molar-refractivity contribution in [2.45, 2.75) is 13.0 Å². The lowest BCUT2D eigenvalue weighted by molar-refractivity contribution is 0.0943. The molecule has 152 valence electrons. The molecule has 0 radical (unpaired) electrons. The maximum Gasteiger partial charge on any atom is 0.261 e. The molecule has 3 N–H and O–H groups in total. The van der Waals surface area contributed by atoms with Crippen molar-refractivity contribution < 1.29 is 18.4 Å². The normalized spacial score (nSPS) is 12.0. The fourth-order valence-electron chi connectivity index (χ4n) is 2.91. The average Bonchev–Trinajstić information content (AvgIpc) is 3.31. The van der Waals surface area contributed by atoms with Crippen LogP contribution in [0.25, 0.3) is 10.2 Å². The second kappa shape index (κ2) is 8.03. The van der Waals surface area contributed by atoms with Crippen molar-refractivity contribution in [1.29, 1.82) is 0 Å². The van der Waals surface area contributed by atoms with E-state index in [-0.39, 0.29) is 29.1 Å². The Labute approximate surface area is 173 Å². The van der Waals surface area contributed by atoms with Crippen LogP contribution < -0.4 is 10.6 Å². The minimum absolute atomic E-state index is 0.279. The number of hydrogen-bond donors (Lipinski definition) is 3. The van der Waals surface area contributed by atoms with Crippen LogP contribution >= 0.6 is 11.3 Å². The third-order valence-corrected chi connectivity index (χ3v) is 5.57. The third kappa shape index (κ3) is 4.06. The highest BCUT2D eigenvalue weighted by molar-refractivity contribution is 7.20. The first-order valence-electron chi connectivity index (χ1n) is 9.02. The summed E-state index contributed by atoms with van der Waals surface area (Å²) in [4.78, 5) is 26.0. The Balaban J connectivity index is 1.49. The molecule has 0 bridgehead atoms. The van der Waals surface area contributed by atoms with Gasteiger partial charge in [-0.25, -0.2) is 8.78 Å². The summed E-state index contributed by atoms with van der Waals surface area (Å²) in [6.45, 7) is 1.81. The summed E-state index contributed by atoms with van der Waals surface area (Å²) >= 11 is 1.20. The fraction of sp³-hybridized carbons (Fsp3) is 0.0952. The average molecular weight is 426 g/mol. The molecule has 1 atom stereocenters.